The summed E-state index contributed by atoms with van der Waals surface area (Å²) in [5.74, 6) is -1.09. The second kappa shape index (κ2) is 6.16. The maximum atomic E-state index is 10.7. The highest BCUT2D eigenvalue weighted by molar-refractivity contribution is 6.30. The fourth-order valence-electron chi connectivity index (χ4n) is 1.56. The Balaban J connectivity index is 2.20. The van der Waals surface area contributed by atoms with Gasteiger partial charge in [-0.25, -0.2) is 0 Å². The fraction of sp³-hybridized carbons (Fsp3) is 0.0714. The largest absolute Gasteiger partial charge is 0.508 e. The lowest BCUT2D eigenvalue weighted by Gasteiger charge is -2.02. The van der Waals surface area contributed by atoms with Crippen LogP contribution in [-0.2, 0) is 11.2 Å². The van der Waals surface area contributed by atoms with Gasteiger partial charge >= 0.3 is 5.97 Å². The monoisotopic (exact) mass is 290 g/mol. The number of azo groups is 1. The van der Waals surface area contributed by atoms with Crippen molar-refractivity contribution in [2.75, 3.05) is 0 Å². The van der Waals surface area contributed by atoms with Crippen molar-refractivity contribution in [1.82, 2.24) is 0 Å². The number of carboxylic acids is 1. The number of carbonyl (C=O) groups is 1. The number of hydrogen-bond acceptors (Lipinski definition) is 4. The van der Waals surface area contributed by atoms with Gasteiger partial charge in [0.25, 0.3) is 0 Å². The number of carboxylic acid groups (broad SMARTS) is 1. The van der Waals surface area contributed by atoms with Crippen LogP contribution in [-0.4, -0.2) is 16.2 Å². The third kappa shape index (κ3) is 3.80. The first kappa shape index (κ1) is 14.0. The molecule has 0 spiro atoms. The number of aliphatic carboxylic acids is 1. The highest BCUT2D eigenvalue weighted by Gasteiger charge is 2.07. The van der Waals surface area contributed by atoms with E-state index in [-0.39, 0.29) is 12.2 Å². The molecule has 2 rings (SSSR count). The summed E-state index contributed by atoms with van der Waals surface area (Å²) in [5, 5.41) is 26.9. The Morgan fingerprint density at radius 2 is 1.65 bits per heavy atom. The van der Waals surface area contributed by atoms with Crippen LogP contribution < -0.4 is 0 Å². The van der Waals surface area contributed by atoms with E-state index in [1.807, 2.05) is 0 Å². The third-order valence-electron chi connectivity index (χ3n) is 2.51. The first-order valence-electron chi connectivity index (χ1n) is 5.75. The van der Waals surface area contributed by atoms with Crippen LogP contribution in [0.4, 0.5) is 11.4 Å². The molecular formula is C14H11ClN2O3. The molecule has 2 N–H and O–H groups in total. The van der Waals surface area contributed by atoms with Crippen LogP contribution in [0.3, 0.4) is 0 Å². The molecule has 0 aliphatic carbocycles. The SMILES string of the molecule is O=C(O)Cc1cc(N=Nc2ccc(Cl)cc2)ccc1O. The molecule has 0 saturated carbocycles. The lowest BCUT2D eigenvalue weighted by molar-refractivity contribution is -0.136. The first-order chi connectivity index (χ1) is 9.54. The second-order valence-corrected chi connectivity index (χ2v) is 4.50. The smallest absolute Gasteiger partial charge is 0.307 e. The minimum atomic E-state index is -1.02. The van der Waals surface area contributed by atoms with Gasteiger partial charge in [0.15, 0.2) is 0 Å². The van der Waals surface area contributed by atoms with Gasteiger partial charge in [-0.05, 0) is 42.5 Å². The molecule has 0 atom stereocenters. The number of nitrogens with zero attached hydrogens (tertiary/aromatic N) is 2. The zero-order valence-corrected chi connectivity index (χ0v) is 11.1. The molecule has 0 radical (unpaired) electrons. The van der Waals surface area contributed by atoms with Crippen molar-refractivity contribution in [2.24, 2.45) is 10.2 Å². The lowest BCUT2D eigenvalue weighted by Crippen LogP contribution is -1.99. The molecule has 0 aromatic heterocycles. The van der Waals surface area contributed by atoms with E-state index in [0.717, 1.165) is 0 Å². The molecule has 0 fully saturated rings. The Kier molecular flexibility index (Phi) is 4.32. The molecule has 102 valence electrons. The van der Waals surface area contributed by atoms with Crippen molar-refractivity contribution in [1.29, 1.82) is 0 Å². The van der Waals surface area contributed by atoms with Gasteiger partial charge in [-0.3, -0.25) is 4.79 Å². The Morgan fingerprint density at radius 3 is 2.30 bits per heavy atom. The van der Waals surface area contributed by atoms with E-state index >= 15 is 0 Å². The van der Waals surface area contributed by atoms with Crippen LogP contribution in [0.15, 0.2) is 52.7 Å². The summed E-state index contributed by atoms with van der Waals surface area (Å²) in [4.78, 5) is 10.7. The van der Waals surface area contributed by atoms with E-state index in [9.17, 15) is 9.90 Å². The number of aromatic hydroxyl groups is 1. The molecule has 5 nitrogen and oxygen atoms in total. The van der Waals surface area contributed by atoms with E-state index in [1.54, 1.807) is 30.3 Å². The molecule has 0 unspecified atom stereocenters. The van der Waals surface area contributed by atoms with E-state index in [2.05, 4.69) is 10.2 Å². The summed E-state index contributed by atoms with van der Waals surface area (Å²) in [5.41, 5.74) is 1.39. The highest BCUT2D eigenvalue weighted by atomic mass is 35.5. The van der Waals surface area contributed by atoms with Crippen LogP contribution >= 0.6 is 11.6 Å². The fourth-order valence-corrected chi connectivity index (χ4v) is 1.69. The summed E-state index contributed by atoms with van der Waals surface area (Å²) in [6.07, 6.45) is -0.268. The van der Waals surface area contributed by atoms with E-state index in [4.69, 9.17) is 16.7 Å². The number of benzene rings is 2. The van der Waals surface area contributed by atoms with Crippen molar-refractivity contribution in [3.8, 4) is 5.75 Å². The molecular weight excluding hydrogens is 280 g/mol. The Bertz CT molecular complexity index is 654. The van der Waals surface area contributed by atoms with Gasteiger partial charge in [0.2, 0.25) is 0 Å². The normalized spacial score (nSPS) is 10.8. The van der Waals surface area contributed by atoms with Gasteiger partial charge in [0.1, 0.15) is 5.75 Å². The molecule has 0 amide bonds. The Morgan fingerprint density at radius 1 is 1.05 bits per heavy atom. The molecule has 0 aliphatic rings. The minimum absolute atomic E-state index is 0.0714. The number of halogens is 1. The molecule has 0 heterocycles. The van der Waals surface area contributed by atoms with Gasteiger partial charge in [0.05, 0.1) is 17.8 Å². The molecule has 6 heteroatoms. The zero-order chi connectivity index (χ0) is 14.5. The van der Waals surface area contributed by atoms with Crippen LogP contribution in [0, 0.1) is 0 Å². The highest BCUT2D eigenvalue weighted by Crippen LogP contribution is 2.26. The van der Waals surface area contributed by atoms with Crippen molar-refractivity contribution in [2.45, 2.75) is 6.42 Å². The van der Waals surface area contributed by atoms with E-state index in [1.165, 1.54) is 12.1 Å². The number of phenolic OH excluding ortho intramolecular Hbond substituents is 1. The topological polar surface area (TPSA) is 82.2 Å². The maximum Gasteiger partial charge on any atom is 0.307 e. The maximum absolute atomic E-state index is 10.7. The average molecular weight is 291 g/mol. The molecule has 0 bridgehead atoms. The molecule has 20 heavy (non-hydrogen) atoms. The van der Waals surface area contributed by atoms with Crippen molar-refractivity contribution in [3.05, 3.63) is 53.1 Å². The minimum Gasteiger partial charge on any atom is -0.508 e. The summed E-state index contributed by atoms with van der Waals surface area (Å²) in [6, 6.07) is 11.3. The van der Waals surface area contributed by atoms with Crippen molar-refractivity contribution in [3.63, 3.8) is 0 Å². The Hall–Kier alpha value is -2.40. The van der Waals surface area contributed by atoms with Crippen LogP contribution in [0.5, 0.6) is 5.75 Å². The summed E-state index contributed by atoms with van der Waals surface area (Å²) in [7, 11) is 0. The number of phenols is 1. The number of rotatable bonds is 4. The van der Waals surface area contributed by atoms with E-state index in [0.29, 0.717) is 22.0 Å². The summed E-state index contributed by atoms with van der Waals surface area (Å²) in [6.45, 7) is 0. The van der Waals surface area contributed by atoms with Gasteiger partial charge in [-0.2, -0.15) is 10.2 Å². The lowest BCUT2D eigenvalue weighted by atomic mass is 10.1. The third-order valence-corrected chi connectivity index (χ3v) is 2.76. The molecule has 2 aromatic rings. The molecule has 2 aromatic carbocycles. The first-order valence-corrected chi connectivity index (χ1v) is 6.13. The van der Waals surface area contributed by atoms with Gasteiger partial charge < -0.3 is 10.2 Å². The second-order valence-electron chi connectivity index (χ2n) is 4.06. The van der Waals surface area contributed by atoms with Gasteiger partial charge in [-0.1, -0.05) is 11.6 Å². The summed E-state index contributed by atoms with van der Waals surface area (Å²) >= 11 is 5.76. The van der Waals surface area contributed by atoms with Crippen LogP contribution in [0.25, 0.3) is 0 Å². The van der Waals surface area contributed by atoms with Crippen LogP contribution in [0.1, 0.15) is 5.56 Å². The zero-order valence-electron chi connectivity index (χ0n) is 10.3. The molecule has 0 saturated heterocycles. The predicted molar refractivity (Wildman–Crippen MR) is 75.1 cm³/mol. The summed E-state index contributed by atoms with van der Waals surface area (Å²) < 4.78 is 0. The number of hydrogen-bond donors (Lipinski definition) is 2. The average Bonchev–Trinajstić information content (AvgIpc) is 2.41. The molecule has 0 aliphatic heterocycles. The quantitative estimate of drug-likeness (QED) is 0.832. The Labute approximate surface area is 120 Å². The van der Waals surface area contributed by atoms with E-state index < -0.39 is 5.97 Å². The predicted octanol–water partition coefficient (Wildman–Crippen LogP) is 4.09. The van der Waals surface area contributed by atoms with Gasteiger partial charge in [0, 0.05) is 10.6 Å². The van der Waals surface area contributed by atoms with Gasteiger partial charge in [-0.15, -0.1) is 0 Å². The standard InChI is InChI=1S/C14H11ClN2O3/c15-10-1-3-11(4-2-10)16-17-12-5-6-13(18)9(7-12)8-14(19)20/h1-7,18H,8H2,(H,19,20). The van der Waals surface area contributed by atoms with Crippen molar-refractivity contribution >= 4 is 28.9 Å². The van der Waals surface area contributed by atoms with Crippen molar-refractivity contribution < 1.29 is 15.0 Å². The van der Waals surface area contributed by atoms with Crippen LogP contribution in [0.2, 0.25) is 5.02 Å².